The Kier molecular flexibility index (Phi) is 20.4. The lowest BCUT2D eigenvalue weighted by molar-refractivity contribution is -0.137. The molecule has 36 heavy (non-hydrogen) atoms. The van der Waals surface area contributed by atoms with Gasteiger partial charge >= 0.3 is 5.97 Å². The third-order valence-electron chi connectivity index (χ3n) is 6.18. The number of rotatable bonds is 26. The molecule has 0 saturated carbocycles. The summed E-state index contributed by atoms with van der Waals surface area (Å²) in [6.07, 6.45) is 22.6. The van der Waals surface area contributed by atoms with Crippen molar-refractivity contribution in [2.24, 2.45) is 0 Å². The van der Waals surface area contributed by atoms with Crippen molar-refractivity contribution in [3.8, 4) is 0 Å². The number of H-pyrrole nitrogens is 1. The lowest BCUT2D eigenvalue weighted by Crippen LogP contribution is -2.34. The maximum absolute atomic E-state index is 11.9. The molecular formula is C27H48N4O5. The monoisotopic (exact) mass is 508 g/mol. The lowest BCUT2D eigenvalue weighted by Gasteiger charge is -2.12. The molecule has 0 spiro atoms. The van der Waals surface area contributed by atoms with Crippen LogP contribution in [0.4, 0.5) is 0 Å². The van der Waals surface area contributed by atoms with Gasteiger partial charge in [-0.3, -0.25) is 9.59 Å². The van der Waals surface area contributed by atoms with E-state index in [1.807, 2.05) is 0 Å². The van der Waals surface area contributed by atoms with Crippen LogP contribution in [-0.2, 0) is 25.6 Å². The fourth-order valence-corrected chi connectivity index (χ4v) is 4.06. The molecule has 9 nitrogen and oxygen atoms in total. The number of imidazole rings is 1. The Hall–Kier alpha value is -2.26. The number of carboxylic acids is 1. The number of aromatic nitrogens is 2. The minimum Gasteiger partial charge on any atom is -0.481 e. The highest BCUT2D eigenvalue weighted by Gasteiger charge is 2.09. The van der Waals surface area contributed by atoms with Crippen molar-refractivity contribution in [2.75, 3.05) is 13.2 Å². The Morgan fingerprint density at radius 3 is 1.94 bits per heavy atom. The van der Waals surface area contributed by atoms with Gasteiger partial charge in [-0.15, -0.1) is 0 Å². The van der Waals surface area contributed by atoms with Crippen LogP contribution in [0.3, 0.4) is 0 Å². The average Bonchev–Trinajstić information content (AvgIpc) is 3.38. The van der Waals surface area contributed by atoms with Gasteiger partial charge in [-0.25, -0.2) is 4.98 Å². The van der Waals surface area contributed by atoms with Gasteiger partial charge in [-0.1, -0.05) is 77.0 Å². The van der Waals surface area contributed by atoms with Crippen LogP contribution in [0.15, 0.2) is 12.5 Å². The van der Waals surface area contributed by atoms with E-state index in [4.69, 9.17) is 9.94 Å². The fraction of sp³-hybridized carbons (Fsp3) is 0.778. The SMILES string of the molecule is O=CC(Cc1cnc[nH]1)NOCCCNC(=O)CCCCCCCCCCCCCCCCC(=O)O. The van der Waals surface area contributed by atoms with Crippen molar-refractivity contribution in [3.05, 3.63) is 18.2 Å². The third kappa shape index (κ3) is 20.0. The van der Waals surface area contributed by atoms with Crippen LogP contribution in [0.5, 0.6) is 0 Å². The smallest absolute Gasteiger partial charge is 0.303 e. The van der Waals surface area contributed by atoms with E-state index in [2.05, 4.69) is 20.8 Å². The second-order valence-electron chi connectivity index (χ2n) is 9.54. The molecule has 1 aromatic rings. The van der Waals surface area contributed by atoms with Crippen molar-refractivity contribution in [1.82, 2.24) is 20.8 Å². The maximum atomic E-state index is 11.9. The maximum Gasteiger partial charge on any atom is 0.303 e. The molecule has 9 heteroatoms. The Morgan fingerprint density at radius 2 is 1.44 bits per heavy atom. The van der Waals surface area contributed by atoms with Crippen LogP contribution in [0.1, 0.15) is 115 Å². The number of amides is 1. The molecule has 0 radical (unpaired) electrons. The summed E-state index contributed by atoms with van der Waals surface area (Å²) >= 11 is 0. The molecule has 0 bridgehead atoms. The summed E-state index contributed by atoms with van der Waals surface area (Å²) in [6, 6.07) is -0.431. The number of nitrogens with one attached hydrogen (secondary N) is 3. The first kappa shape index (κ1) is 31.8. The van der Waals surface area contributed by atoms with E-state index in [0.717, 1.165) is 44.1 Å². The molecule has 0 aromatic carbocycles. The quantitative estimate of drug-likeness (QED) is 0.0796. The molecule has 1 unspecified atom stereocenters. The van der Waals surface area contributed by atoms with E-state index in [1.54, 1.807) is 12.5 Å². The van der Waals surface area contributed by atoms with E-state index in [0.29, 0.717) is 38.8 Å². The van der Waals surface area contributed by atoms with Gasteiger partial charge in [0.1, 0.15) is 6.29 Å². The molecule has 1 amide bonds. The van der Waals surface area contributed by atoms with Gasteiger partial charge in [0.2, 0.25) is 5.91 Å². The van der Waals surface area contributed by atoms with Crippen LogP contribution in [-0.4, -0.2) is 52.4 Å². The van der Waals surface area contributed by atoms with Crippen molar-refractivity contribution < 1.29 is 24.3 Å². The summed E-state index contributed by atoms with van der Waals surface area (Å²) in [7, 11) is 0. The van der Waals surface area contributed by atoms with Crippen LogP contribution in [0, 0.1) is 0 Å². The molecule has 4 N–H and O–H groups in total. The Labute approximate surface area is 216 Å². The average molecular weight is 509 g/mol. The number of aldehydes is 1. The summed E-state index contributed by atoms with van der Waals surface area (Å²) in [4.78, 5) is 45.7. The number of unbranched alkanes of at least 4 members (excludes halogenated alkanes) is 13. The van der Waals surface area contributed by atoms with Crippen LogP contribution in [0.25, 0.3) is 0 Å². The Balaban J connectivity index is 1.78. The number of carbonyl (C=O) groups excluding carboxylic acids is 2. The molecule has 0 aliphatic rings. The van der Waals surface area contributed by atoms with Crippen molar-refractivity contribution in [2.45, 2.75) is 122 Å². The van der Waals surface area contributed by atoms with Gasteiger partial charge in [0.15, 0.2) is 0 Å². The lowest BCUT2D eigenvalue weighted by atomic mass is 10.0. The molecule has 0 fully saturated rings. The summed E-state index contributed by atoms with van der Waals surface area (Å²) in [6.45, 7) is 0.986. The van der Waals surface area contributed by atoms with Gasteiger partial charge in [-0.05, 0) is 19.3 Å². The van der Waals surface area contributed by atoms with Crippen LogP contribution >= 0.6 is 0 Å². The van der Waals surface area contributed by atoms with Crippen LogP contribution in [0.2, 0.25) is 0 Å². The fourth-order valence-electron chi connectivity index (χ4n) is 4.06. The highest BCUT2D eigenvalue weighted by molar-refractivity contribution is 5.75. The topological polar surface area (TPSA) is 133 Å². The normalized spacial score (nSPS) is 11.9. The van der Waals surface area contributed by atoms with E-state index in [9.17, 15) is 14.4 Å². The summed E-state index contributed by atoms with van der Waals surface area (Å²) in [5, 5.41) is 11.5. The predicted molar refractivity (Wildman–Crippen MR) is 140 cm³/mol. The number of hydrogen-bond donors (Lipinski definition) is 4. The first-order valence-corrected chi connectivity index (χ1v) is 13.9. The molecular weight excluding hydrogens is 460 g/mol. The third-order valence-corrected chi connectivity index (χ3v) is 6.18. The zero-order chi connectivity index (χ0) is 26.1. The molecule has 0 aliphatic carbocycles. The minimum atomic E-state index is -0.683. The highest BCUT2D eigenvalue weighted by Crippen LogP contribution is 2.13. The Bertz CT molecular complexity index is 669. The van der Waals surface area contributed by atoms with E-state index < -0.39 is 12.0 Å². The van der Waals surface area contributed by atoms with Crippen LogP contribution < -0.4 is 10.8 Å². The second kappa shape index (κ2) is 23.2. The van der Waals surface area contributed by atoms with E-state index >= 15 is 0 Å². The van der Waals surface area contributed by atoms with Crippen molar-refractivity contribution in [3.63, 3.8) is 0 Å². The number of aliphatic carboxylic acids is 1. The standard InChI is InChI=1S/C27H48N4O5/c32-22-25(20-24-21-28-23-30-24)31-36-19-15-18-29-26(33)16-13-11-9-7-5-3-1-2-4-6-8-10-12-14-17-27(34)35/h21-23,25,31H,1-20H2,(H,28,30)(H,29,33)(H,34,35). The summed E-state index contributed by atoms with van der Waals surface area (Å²) in [5.41, 5.74) is 3.60. The molecule has 1 rings (SSSR count). The molecule has 1 heterocycles. The zero-order valence-electron chi connectivity index (χ0n) is 22.0. The first-order chi connectivity index (χ1) is 17.6. The van der Waals surface area contributed by atoms with E-state index in [1.165, 1.54) is 57.8 Å². The molecule has 1 atom stereocenters. The first-order valence-electron chi connectivity index (χ1n) is 13.9. The molecule has 0 saturated heterocycles. The number of hydrogen-bond acceptors (Lipinski definition) is 6. The number of aromatic amines is 1. The molecule has 0 aliphatic heterocycles. The number of carboxylic acid groups (broad SMARTS) is 1. The van der Waals surface area contributed by atoms with Gasteiger partial charge in [-0.2, -0.15) is 5.48 Å². The summed E-state index contributed by atoms with van der Waals surface area (Å²) < 4.78 is 0. The molecule has 206 valence electrons. The summed E-state index contributed by atoms with van der Waals surface area (Å²) in [5.74, 6) is -0.591. The zero-order valence-corrected chi connectivity index (χ0v) is 22.0. The largest absolute Gasteiger partial charge is 0.481 e. The van der Waals surface area contributed by atoms with Crippen molar-refractivity contribution >= 4 is 18.2 Å². The number of nitrogens with zero attached hydrogens (tertiary/aromatic N) is 1. The highest BCUT2D eigenvalue weighted by atomic mass is 16.6. The number of hydroxylamine groups is 1. The predicted octanol–water partition coefficient (Wildman–Crippen LogP) is 4.87. The van der Waals surface area contributed by atoms with Gasteiger partial charge in [0.25, 0.3) is 0 Å². The van der Waals surface area contributed by atoms with Gasteiger partial charge < -0.3 is 25.0 Å². The van der Waals surface area contributed by atoms with Gasteiger partial charge in [0.05, 0.1) is 19.0 Å². The Morgan fingerprint density at radius 1 is 0.889 bits per heavy atom. The van der Waals surface area contributed by atoms with Crippen molar-refractivity contribution in [1.29, 1.82) is 0 Å². The number of carbonyl (C=O) groups is 3. The minimum absolute atomic E-state index is 0.0925. The van der Waals surface area contributed by atoms with Gasteiger partial charge in [0, 0.05) is 37.7 Å². The second-order valence-corrected chi connectivity index (χ2v) is 9.54. The van der Waals surface area contributed by atoms with E-state index in [-0.39, 0.29) is 5.91 Å². The molecule has 1 aromatic heterocycles.